The fourth-order valence-electron chi connectivity index (χ4n) is 1.39. The first kappa shape index (κ1) is 12.9. The fraction of sp³-hybridized carbons (Fsp3) is 0.0833. The zero-order chi connectivity index (χ0) is 12.4. The van der Waals surface area contributed by atoms with Crippen LogP contribution in [0.1, 0.15) is 5.56 Å². The van der Waals surface area contributed by atoms with E-state index in [0.717, 1.165) is 26.0 Å². The van der Waals surface area contributed by atoms with Crippen LogP contribution in [0.3, 0.4) is 0 Å². The lowest BCUT2D eigenvalue weighted by molar-refractivity contribution is 1.24. The van der Waals surface area contributed by atoms with Crippen LogP contribution in [-0.4, -0.2) is 4.98 Å². The molecule has 0 atom stereocenters. The maximum absolute atomic E-state index is 5.96. The highest BCUT2D eigenvalue weighted by molar-refractivity contribution is 9.10. The zero-order valence-corrected chi connectivity index (χ0v) is 12.9. The predicted molar refractivity (Wildman–Crippen MR) is 79.1 cm³/mol. The SMILES string of the molecule is Cc1cc(Br)cnc1Nc1cc(Cl)ccc1Br. The van der Waals surface area contributed by atoms with Gasteiger partial charge in [-0.2, -0.15) is 0 Å². The van der Waals surface area contributed by atoms with E-state index in [4.69, 9.17) is 11.6 Å². The summed E-state index contributed by atoms with van der Waals surface area (Å²) in [7, 11) is 0. The summed E-state index contributed by atoms with van der Waals surface area (Å²) in [5, 5.41) is 3.93. The van der Waals surface area contributed by atoms with Gasteiger partial charge in [-0.15, -0.1) is 0 Å². The summed E-state index contributed by atoms with van der Waals surface area (Å²) >= 11 is 12.8. The van der Waals surface area contributed by atoms with E-state index >= 15 is 0 Å². The lowest BCUT2D eigenvalue weighted by Gasteiger charge is -2.10. The van der Waals surface area contributed by atoms with Gasteiger partial charge in [0.2, 0.25) is 0 Å². The molecule has 0 fully saturated rings. The van der Waals surface area contributed by atoms with Gasteiger partial charge in [0.15, 0.2) is 0 Å². The minimum atomic E-state index is 0.686. The molecule has 0 aliphatic heterocycles. The first-order valence-electron chi connectivity index (χ1n) is 4.90. The number of benzene rings is 1. The van der Waals surface area contributed by atoms with Crippen molar-refractivity contribution in [3.8, 4) is 0 Å². The number of anilines is 2. The Morgan fingerprint density at radius 1 is 1.24 bits per heavy atom. The van der Waals surface area contributed by atoms with Gasteiger partial charge in [0.05, 0.1) is 5.69 Å². The molecule has 5 heteroatoms. The monoisotopic (exact) mass is 374 g/mol. The summed E-state index contributed by atoms with van der Waals surface area (Å²) in [5.41, 5.74) is 1.96. The minimum Gasteiger partial charge on any atom is -0.339 e. The smallest absolute Gasteiger partial charge is 0.133 e. The Bertz CT molecular complexity index is 558. The van der Waals surface area contributed by atoms with Gasteiger partial charge in [-0.1, -0.05) is 11.6 Å². The Morgan fingerprint density at radius 2 is 2.00 bits per heavy atom. The lowest BCUT2D eigenvalue weighted by Crippen LogP contribution is -1.97. The van der Waals surface area contributed by atoms with Crippen molar-refractivity contribution in [1.29, 1.82) is 0 Å². The molecule has 0 aliphatic carbocycles. The summed E-state index contributed by atoms with van der Waals surface area (Å²) in [6.45, 7) is 2.00. The predicted octanol–water partition coefficient (Wildman–Crippen LogP) is 5.31. The van der Waals surface area contributed by atoms with Crippen molar-refractivity contribution < 1.29 is 0 Å². The van der Waals surface area contributed by atoms with Crippen molar-refractivity contribution in [2.75, 3.05) is 5.32 Å². The van der Waals surface area contributed by atoms with Gasteiger partial charge >= 0.3 is 0 Å². The molecular weight excluding hydrogens is 367 g/mol. The van der Waals surface area contributed by atoms with Crippen molar-refractivity contribution in [2.45, 2.75) is 6.92 Å². The summed E-state index contributed by atoms with van der Waals surface area (Å²) in [4.78, 5) is 4.32. The van der Waals surface area contributed by atoms with E-state index in [-0.39, 0.29) is 0 Å². The third-order valence-electron chi connectivity index (χ3n) is 2.23. The Morgan fingerprint density at radius 3 is 2.71 bits per heavy atom. The van der Waals surface area contributed by atoms with Crippen molar-refractivity contribution in [2.24, 2.45) is 0 Å². The largest absolute Gasteiger partial charge is 0.339 e. The average Bonchev–Trinajstić information content (AvgIpc) is 2.27. The second-order valence-corrected chi connectivity index (χ2v) is 5.77. The van der Waals surface area contributed by atoms with Crippen LogP contribution >= 0.6 is 43.5 Å². The van der Waals surface area contributed by atoms with Crippen LogP contribution in [0.15, 0.2) is 39.4 Å². The second kappa shape index (κ2) is 5.38. The van der Waals surface area contributed by atoms with Gasteiger partial charge in [-0.05, 0) is 68.6 Å². The van der Waals surface area contributed by atoms with Crippen molar-refractivity contribution in [3.05, 3.63) is 50.0 Å². The van der Waals surface area contributed by atoms with E-state index in [1.54, 1.807) is 6.20 Å². The van der Waals surface area contributed by atoms with Crippen molar-refractivity contribution in [3.63, 3.8) is 0 Å². The first-order chi connectivity index (χ1) is 8.06. The van der Waals surface area contributed by atoms with Crippen molar-refractivity contribution >= 4 is 55.0 Å². The Kier molecular flexibility index (Phi) is 4.07. The molecule has 0 spiro atoms. The molecule has 0 radical (unpaired) electrons. The van der Waals surface area contributed by atoms with Crippen LogP contribution < -0.4 is 5.32 Å². The van der Waals surface area contributed by atoms with Gasteiger partial charge in [0.25, 0.3) is 0 Å². The number of rotatable bonds is 2. The molecule has 2 nitrogen and oxygen atoms in total. The minimum absolute atomic E-state index is 0.686. The molecule has 0 aliphatic rings. The number of halogens is 3. The van der Waals surface area contributed by atoms with E-state index in [1.807, 2.05) is 31.2 Å². The standard InChI is InChI=1S/C12H9Br2ClN2/c1-7-4-8(13)6-16-12(7)17-11-5-9(15)2-3-10(11)14/h2-6H,1H3,(H,16,17). The van der Waals surface area contributed by atoms with E-state index in [9.17, 15) is 0 Å². The highest BCUT2D eigenvalue weighted by Gasteiger charge is 2.05. The molecule has 1 N–H and O–H groups in total. The maximum Gasteiger partial charge on any atom is 0.133 e. The highest BCUT2D eigenvalue weighted by Crippen LogP contribution is 2.29. The van der Waals surface area contributed by atoms with Crippen LogP contribution in [-0.2, 0) is 0 Å². The van der Waals surface area contributed by atoms with Crippen LogP contribution in [0.25, 0.3) is 0 Å². The van der Waals surface area contributed by atoms with Crippen LogP contribution in [0.4, 0.5) is 11.5 Å². The highest BCUT2D eigenvalue weighted by atomic mass is 79.9. The maximum atomic E-state index is 5.96. The molecule has 0 saturated carbocycles. The number of pyridine rings is 1. The molecule has 0 amide bonds. The molecule has 2 rings (SSSR count). The summed E-state index contributed by atoms with van der Waals surface area (Å²) in [6.07, 6.45) is 1.76. The molecule has 17 heavy (non-hydrogen) atoms. The van der Waals surface area contributed by atoms with Gasteiger partial charge in [-0.3, -0.25) is 0 Å². The van der Waals surface area contributed by atoms with Crippen LogP contribution in [0.2, 0.25) is 5.02 Å². The Labute approximate surface area is 122 Å². The Hall–Kier alpha value is -0.580. The normalized spacial score (nSPS) is 10.4. The average molecular weight is 376 g/mol. The molecular formula is C12H9Br2ClN2. The van der Waals surface area contributed by atoms with Gasteiger partial charge in [0.1, 0.15) is 5.82 Å². The molecule has 88 valence electrons. The van der Waals surface area contributed by atoms with E-state index in [1.165, 1.54) is 0 Å². The number of nitrogens with zero attached hydrogens (tertiary/aromatic N) is 1. The molecule has 0 bridgehead atoms. The molecule has 2 aromatic rings. The second-order valence-electron chi connectivity index (χ2n) is 3.57. The third kappa shape index (κ3) is 3.21. The molecule has 0 unspecified atom stereocenters. The molecule has 1 aromatic heterocycles. The van der Waals surface area contributed by atoms with Gasteiger partial charge in [-0.25, -0.2) is 4.98 Å². The summed E-state index contributed by atoms with van der Waals surface area (Å²) in [5.74, 6) is 0.816. The number of nitrogens with one attached hydrogen (secondary N) is 1. The number of hydrogen-bond acceptors (Lipinski definition) is 2. The van der Waals surface area contributed by atoms with Crippen LogP contribution in [0, 0.1) is 6.92 Å². The third-order valence-corrected chi connectivity index (χ3v) is 3.59. The van der Waals surface area contributed by atoms with E-state index in [2.05, 4.69) is 42.2 Å². The number of aromatic nitrogens is 1. The summed E-state index contributed by atoms with van der Waals surface area (Å²) < 4.78 is 1.91. The number of aryl methyl sites for hydroxylation is 1. The van der Waals surface area contributed by atoms with E-state index in [0.29, 0.717) is 5.02 Å². The van der Waals surface area contributed by atoms with E-state index < -0.39 is 0 Å². The summed E-state index contributed by atoms with van der Waals surface area (Å²) in [6, 6.07) is 7.60. The first-order valence-corrected chi connectivity index (χ1v) is 6.87. The lowest BCUT2D eigenvalue weighted by atomic mass is 10.2. The number of hydrogen-bond donors (Lipinski definition) is 1. The Balaban J connectivity index is 2.34. The van der Waals surface area contributed by atoms with Gasteiger partial charge in [0, 0.05) is 20.2 Å². The fourth-order valence-corrected chi connectivity index (χ4v) is 2.36. The molecule has 1 heterocycles. The molecule has 0 saturated heterocycles. The topological polar surface area (TPSA) is 24.9 Å². The van der Waals surface area contributed by atoms with Crippen molar-refractivity contribution in [1.82, 2.24) is 4.98 Å². The zero-order valence-electron chi connectivity index (χ0n) is 8.97. The van der Waals surface area contributed by atoms with Crippen LogP contribution in [0.5, 0.6) is 0 Å². The molecule has 1 aromatic carbocycles. The van der Waals surface area contributed by atoms with Gasteiger partial charge < -0.3 is 5.32 Å². The quantitative estimate of drug-likeness (QED) is 0.768.